The summed E-state index contributed by atoms with van der Waals surface area (Å²) in [4.78, 5) is 10.4. The van der Waals surface area contributed by atoms with E-state index in [0.29, 0.717) is 5.56 Å². The molecule has 0 aliphatic carbocycles. The second kappa shape index (κ2) is 4.72. The molecule has 0 spiro atoms. The van der Waals surface area contributed by atoms with Crippen molar-refractivity contribution in [1.29, 1.82) is 0 Å². The van der Waals surface area contributed by atoms with E-state index in [-0.39, 0.29) is 0 Å². The van der Waals surface area contributed by atoms with Crippen LogP contribution in [-0.2, 0) is 4.79 Å². The van der Waals surface area contributed by atoms with Gasteiger partial charge in [-0.2, -0.15) is 0 Å². The van der Waals surface area contributed by atoms with Gasteiger partial charge < -0.3 is 15.9 Å². The van der Waals surface area contributed by atoms with Crippen molar-refractivity contribution in [3.63, 3.8) is 0 Å². The summed E-state index contributed by atoms with van der Waals surface area (Å²) in [5, 5.41) is 17.7. The Morgan fingerprint density at radius 1 is 1.36 bits per heavy atom. The third-order valence-corrected chi connectivity index (χ3v) is 2.57. The minimum absolute atomic E-state index is 0.611. The maximum absolute atomic E-state index is 10.4. The van der Waals surface area contributed by atoms with E-state index >= 15 is 0 Å². The van der Waals surface area contributed by atoms with Gasteiger partial charge in [0.15, 0.2) is 6.10 Å². The molecule has 2 atom stereocenters. The van der Waals surface area contributed by atoms with Crippen molar-refractivity contribution >= 4 is 28.6 Å². The Morgan fingerprint density at radius 3 is 2.29 bits per heavy atom. The van der Waals surface area contributed by atoms with Crippen LogP contribution in [0.1, 0.15) is 11.6 Å². The largest absolute Gasteiger partial charge is 0.479 e. The number of carbonyl (C=O) groups is 1. The highest BCUT2D eigenvalue weighted by atomic mass is 127. The fourth-order valence-corrected chi connectivity index (χ4v) is 1.38. The molecule has 14 heavy (non-hydrogen) atoms. The Hall–Kier alpha value is -0.660. The molecule has 0 unspecified atom stereocenters. The molecule has 0 aromatic heterocycles. The monoisotopic (exact) mass is 307 g/mol. The van der Waals surface area contributed by atoms with Crippen LogP contribution in [0.15, 0.2) is 24.3 Å². The standard InChI is InChI=1S/C9H10INO3/c10-6-3-1-5(2-4-6)7(11)8(12)9(13)14/h1-4,7-8,12H,11H2,(H,13,14)/t7-,8+/m0/s1. The van der Waals surface area contributed by atoms with Gasteiger partial charge in [0, 0.05) is 3.57 Å². The lowest BCUT2D eigenvalue weighted by atomic mass is 10.0. The van der Waals surface area contributed by atoms with E-state index in [9.17, 15) is 9.90 Å². The van der Waals surface area contributed by atoms with Crippen LogP contribution in [0.3, 0.4) is 0 Å². The van der Waals surface area contributed by atoms with E-state index in [1.54, 1.807) is 12.1 Å². The first-order valence-corrected chi connectivity index (χ1v) is 5.02. The number of nitrogens with two attached hydrogens (primary N) is 1. The smallest absolute Gasteiger partial charge is 0.334 e. The van der Waals surface area contributed by atoms with Crippen molar-refractivity contribution < 1.29 is 15.0 Å². The molecule has 1 rings (SSSR count). The van der Waals surface area contributed by atoms with E-state index in [2.05, 4.69) is 22.6 Å². The molecule has 0 saturated heterocycles. The molecular weight excluding hydrogens is 297 g/mol. The number of hydrogen-bond acceptors (Lipinski definition) is 3. The highest BCUT2D eigenvalue weighted by Gasteiger charge is 2.23. The highest BCUT2D eigenvalue weighted by molar-refractivity contribution is 14.1. The fraction of sp³-hybridized carbons (Fsp3) is 0.222. The fourth-order valence-electron chi connectivity index (χ4n) is 1.02. The third kappa shape index (κ3) is 2.66. The first-order chi connectivity index (χ1) is 6.52. The Labute approximate surface area is 94.9 Å². The minimum atomic E-state index is -1.56. The lowest BCUT2D eigenvalue weighted by Crippen LogP contribution is -2.33. The van der Waals surface area contributed by atoms with Gasteiger partial charge in [0.25, 0.3) is 0 Å². The summed E-state index contributed by atoms with van der Waals surface area (Å²) in [7, 11) is 0. The molecule has 5 heteroatoms. The molecule has 0 aliphatic heterocycles. The SMILES string of the molecule is N[C@@H](c1ccc(I)cc1)[C@@H](O)C(=O)O. The summed E-state index contributed by atoms with van der Waals surface area (Å²) in [5.41, 5.74) is 6.17. The number of benzene rings is 1. The third-order valence-electron chi connectivity index (χ3n) is 1.85. The number of rotatable bonds is 3. The maximum atomic E-state index is 10.4. The predicted octanol–water partition coefficient (Wildman–Crippen LogP) is 0.737. The number of aliphatic hydroxyl groups is 1. The highest BCUT2D eigenvalue weighted by Crippen LogP contribution is 2.16. The first kappa shape index (κ1) is 11.4. The molecule has 1 aromatic rings. The quantitative estimate of drug-likeness (QED) is 0.719. The van der Waals surface area contributed by atoms with Gasteiger partial charge in [-0.15, -0.1) is 0 Å². The van der Waals surface area contributed by atoms with E-state index in [4.69, 9.17) is 10.8 Å². The molecule has 4 nitrogen and oxygen atoms in total. The number of carboxylic acids is 1. The molecule has 4 N–H and O–H groups in total. The van der Waals surface area contributed by atoms with E-state index in [1.807, 2.05) is 12.1 Å². The Balaban J connectivity index is 2.84. The summed E-state index contributed by atoms with van der Waals surface area (Å²) in [6, 6.07) is 6.15. The van der Waals surface area contributed by atoms with Gasteiger partial charge in [0.1, 0.15) is 0 Å². The van der Waals surface area contributed by atoms with Gasteiger partial charge in [-0.1, -0.05) is 12.1 Å². The number of aliphatic carboxylic acids is 1. The average molecular weight is 307 g/mol. The Morgan fingerprint density at radius 2 is 1.86 bits per heavy atom. The van der Waals surface area contributed by atoms with Crippen LogP contribution in [0.4, 0.5) is 0 Å². The van der Waals surface area contributed by atoms with Crippen LogP contribution in [0.2, 0.25) is 0 Å². The van der Waals surface area contributed by atoms with Crippen molar-refractivity contribution in [3.8, 4) is 0 Å². The van der Waals surface area contributed by atoms with E-state index < -0.39 is 18.1 Å². The van der Waals surface area contributed by atoms with Gasteiger partial charge >= 0.3 is 5.97 Å². The summed E-state index contributed by atoms with van der Waals surface area (Å²) in [6.45, 7) is 0. The van der Waals surface area contributed by atoms with Crippen LogP contribution >= 0.6 is 22.6 Å². The van der Waals surface area contributed by atoms with Crippen LogP contribution in [0.25, 0.3) is 0 Å². The molecule has 0 amide bonds. The molecule has 0 fully saturated rings. The number of hydrogen-bond donors (Lipinski definition) is 3. The summed E-state index contributed by atoms with van der Waals surface area (Å²) >= 11 is 2.13. The topological polar surface area (TPSA) is 83.5 Å². The maximum Gasteiger partial charge on any atom is 0.334 e. The summed E-state index contributed by atoms with van der Waals surface area (Å²) in [5.74, 6) is -1.31. The average Bonchev–Trinajstić information content (AvgIpc) is 2.16. The van der Waals surface area contributed by atoms with E-state index in [0.717, 1.165) is 3.57 Å². The minimum Gasteiger partial charge on any atom is -0.479 e. The van der Waals surface area contributed by atoms with Crippen LogP contribution in [0, 0.1) is 3.57 Å². The zero-order valence-corrected chi connectivity index (χ0v) is 9.38. The van der Waals surface area contributed by atoms with Gasteiger partial charge in [-0.3, -0.25) is 0 Å². The molecule has 0 radical (unpaired) electrons. The second-order valence-electron chi connectivity index (χ2n) is 2.86. The van der Waals surface area contributed by atoms with Gasteiger partial charge in [0.05, 0.1) is 6.04 Å². The molecule has 1 aromatic carbocycles. The van der Waals surface area contributed by atoms with Gasteiger partial charge in [-0.05, 0) is 40.3 Å². The van der Waals surface area contributed by atoms with Crippen molar-refractivity contribution in [2.24, 2.45) is 5.73 Å². The molecule has 0 saturated carbocycles. The second-order valence-corrected chi connectivity index (χ2v) is 4.11. The van der Waals surface area contributed by atoms with Crippen LogP contribution in [0.5, 0.6) is 0 Å². The number of aliphatic hydroxyl groups excluding tert-OH is 1. The molecule has 0 bridgehead atoms. The zero-order chi connectivity index (χ0) is 10.7. The van der Waals surface area contributed by atoms with Gasteiger partial charge in [0.2, 0.25) is 0 Å². The molecule has 0 aliphatic rings. The molecule has 0 heterocycles. The summed E-state index contributed by atoms with van der Waals surface area (Å²) in [6.07, 6.45) is -1.56. The molecular formula is C9H10INO3. The lowest BCUT2D eigenvalue weighted by Gasteiger charge is -2.15. The Bertz CT molecular complexity index is 325. The van der Waals surface area contributed by atoms with Crippen LogP contribution < -0.4 is 5.73 Å². The Kier molecular flexibility index (Phi) is 3.85. The van der Waals surface area contributed by atoms with Crippen molar-refractivity contribution in [2.45, 2.75) is 12.1 Å². The first-order valence-electron chi connectivity index (χ1n) is 3.94. The normalized spacial score (nSPS) is 14.8. The molecule has 76 valence electrons. The predicted molar refractivity (Wildman–Crippen MR) is 59.7 cm³/mol. The van der Waals surface area contributed by atoms with Crippen molar-refractivity contribution in [2.75, 3.05) is 0 Å². The van der Waals surface area contributed by atoms with Gasteiger partial charge in [-0.25, -0.2) is 4.79 Å². The van der Waals surface area contributed by atoms with Crippen LogP contribution in [-0.4, -0.2) is 22.3 Å². The summed E-state index contributed by atoms with van der Waals surface area (Å²) < 4.78 is 1.03. The van der Waals surface area contributed by atoms with Crippen molar-refractivity contribution in [1.82, 2.24) is 0 Å². The zero-order valence-electron chi connectivity index (χ0n) is 7.22. The number of halogens is 1. The number of carboxylic acid groups (broad SMARTS) is 1. The van der Waals surface area contributed by atoms with Crippen molar-refractivity contribution in [3.05, 3.63) is 33.4 Å². The van der Waals surface area contributed by atoms with E-state index in [1.165, 1.54) is 0 Å². The lowest BCUT2D eigenvalue weighted by molar-refractivity contribution is -0.147.